The zero-order valence-corrected chi connectivity index (χ0v) is 15.1. The molecule has 3 rings (SSSR count). The van der Waals surface area contributed by atoms with Crippen LogP contribution in [0.5, 0.6) is 0 Å². The molecule has 0 spiro atoms. The average Bonchev–Trinajstić information content (AvgIpc) is 2.68. The fourth-order valence-electron chi connectivity index (χ4n) is 2.93. The highest BCUT2D eigenvalue weighted by molar-refractivity contribution is 5.84. The maximum absolute atomic E-state index is 14.4. The van der Waals surface area contributed by atoms with Gasteiger partial charge in [0.15, 0.2) is 11.7 Å². The largest absolute Gasteiger partial charge is 0.207 e. The normalized spacial score (nSPS) is 12.1. The fourth-order valence-corrected chi connectivity index (χ4v) is 2.93. The van der Waals surface area contributed by atoms with Gasteiger partial charge in [0.2, 0.25) is 0 Å². The minimum absolute atomic E-state index is 0.219. The monoisotopic (exact) mass is 388 g/mol. The first-order valence-electron chi connectivity index (χ1n) is 8.80. The van der Waals surface area contributed by atoms with Gasteiger partial charge >= 0.3 is 0 Å². The van der Waals surface area contributed by atoms with Gasteiger partial charge in [0.25, 0.3) is 0 Å². The quantitative estimate of drug-likeness (QED) is 0.314. The molecule has 0 N–H and O–H groups in total. The van der Waals surface area contributed by atoms with E-state index in [0.717, 1.165) is 54.8 Å². The van der Waals surface area contributed by atoms with Crippen LogP contribution in [0.1, 0.15) is 30.0 Å². The van der Waals surface area contributed by atoms with Crippen molar-refractivity contribution in [2.45, 2.75) is 19.8 Å². The number of halogens is 5. The summed E-state index contributed by atoms with van der Waals surface area (Å²) in [6.45, 7) is 2.05. The van der Waals surface area contributed by atoms with E-state index >= 15 is 0 Å². The van der Waals surface area contributed by atoms with Gasteiger partial charge in [-0.1, -0.05) is 37.6 Å². The minimum atomic E-state index is -1.67. The molecule has 0 heterocycles. The van der Waals surface area contributed by atoms with E-state index in [1.807, 2.05) is 19.1 Å². The van der Waals surface area contributed by atoms with E-state index in [-0.39, 0.29) is 11.1 Å². The lowest BCUT2D eigenvalue weighted by atomic mass is 9.99. The third kappa shape index (κ3) is 4.14. The Morgan fingerprint density at radius 2 is 1.29 bits per heavy atom. The predicted octanol–water partition coefficient (Wildman–Crippen LogP) is 7.49. The summed E-state index contributed by atoms with van der Waals surface area (Å²) < 4.78 is 70.6. The van der Waals surface area contributed by atoms with E-state index < -0.39 is 34.7 Å². The molecule has 0 amide bonds. The molecule has 0 radical (unpaired) electrons. The van der Waals surface area contributed by atoms with Crippen molar-refractivity contribution in [1.82, 2.24) is 0 Å². The first-order chi connectivity index (χ1) is 13.4. The van der Waals surface area contributed by atoms with Gasteiger partial charge < -0.3 is 0 Å². The molecule has 0 atom stereocenters. The van der Waals surface area contributed by atoms with Crippen molar-refractivity contribution < 1.29 is 22.0 Å². The summed E-state index contributed by atoms with van der Waals surface area (Å²) in [4.78, 5) is 0. The second-order valence-electron chi connectivity index (χ2n) is 6.40. The molecule has 0 fully saturated rings. The summed E-state index contributed by atoms with van der Waals surface area (Å²) in [5, 5.41) is 0. The van der Waals surface area contributed by atoms with Crippen LogP contribution in [0, 0.1) is 17.5 Å². The lowest BCUT2D eigenvalue weighted by Crippen LogP contribution is -1.96. The topological polar surface area (TPSA) is 0 Å². The van der Waals surface area contributed by atoms with Crippen molar-refractivity contribution >= 4 is 11.7 Å². The lowest BCUT2D eigenvalue weighted by Gasteiger charge is -2.09. The summed E-state index contributed by atoms with van der Waals surface area (Å²) in [5.41, 5.74) is 0.477. The average molecular weight is 388 g/mol. The highest BCUT2D eigenvalue weighted by Gasteiger charge is 2.21. The second kappa shape index (κ2) is 8.38. The Morgan fingerprint density at radius 1 is 0.714 bits per heavy atom. The summed E-state index contributed by atoms with van der Waals surface area (Å²) >= 11 is 0. The Labute approximate surface area is 160 Å². The van der Waals surface area contributed by atoms with Crippen molar-refractivity contribution in [3.63, 3.8) is 0 Å². The number of aryl methyl sites for hydroxylation is 1. The van der Waals surface area contributed by atoms with E-state index in [4.69, 9.17) is 0 Å². The SMILES string of the molecule is CCCc1ccc(-c2cc(F)c(C(F)=C(F)c3ccc(F)cc3)c(F)c2)cc1. The fraction of sp³-hybridized carbons (Fsp3) is 0.130. The van der Waals surface area contributed by atoms with Gasteiger partial charge in [0.05, 0.1) is 5.56 Å². The van der Waals surface area contributed by atoms with Crippen molar-refractivity contribution in [3.05, 3.63) is 94.8 Å². The maximum Gasteiger partial charge on any atom is 0.172 e. The first-order valence-corrected chi connectivity index (χ1v) is 8.80. The van der Waals surface area contributed by atoms with Crippen molar-refractivity contribution in [3.8, 4) is 11.1 Å². The van der Waals surface area contributed by atoms with E-state index in [9.17, 15) is 22.0 Å². The predicted molar refractivity (Wildman–Crippen MR) is 101 cm³/mol. The highest BCUT2D eigenvalue weighted by Crippen LogP contribution is 2.34. The van der Waals surface area contributed by atoms with Crippen LogP contribution in [0.2, 0.25) is 0 Å². The Balaban J connectivity index is 1.99. The molecule has 0 aromatic heterocycles. The minimum Gasteiger partial charge on any atom is -0.207 e. The van der Waals surface area contributed by atoms with E-state index in [1.54, 1.807) is 12.1 Å². The molecule has 0 saturated carbocycles. The van der Waals surface area contributed by atoms with Gasteiger partial charge in [-0.05, 0) is 59.5 Å². The van der Waals surface area contributed by atoms with Crippen LogP contribution in [0.4, 0.5) is 22.0 Å². The maximum atomic E-state index is 14.4. The molecule has 3 aromatic rings. The summed E-state index contributed by atoms with van der Waals surface area (Å²) in [5.74, 6) is -6.21. The molecule has 0 saturated heterocycles. The highest BCUT2D eigenvalue weighted by atomic mass is 19.2. The van der Waals surface area contributed by atoms with Crippen LogP contribution in [0.3, 0.4) is 0 Å². The van der Waals surface area contributed by atoms with E-state index in [1.165, 1.54) is 0 Å². The zero-order chi connectivity index (χ0) is 20.3. The Hall–Kier alpha value is -2.95. The summed E-state index contributed by atoms with van der Waals surface area (Å²) in [6, 6.07) is 12.9. The molecular formula is C23H17F5. The van der Waals surface area contributed by atoms with Gasteiger partial charge in [-0.15, -0.1) is 0 Å². The number of benzene rings is 3. The Bertz CT molecular complexity index is 979. The molecule has 5 heteroatoms. The molecule has 3 aromatic carbocycles. The van der Waals surface area contributed by atoms with Gasteiger partial charge in [0, 0.05) is 5.56 Å². The van der Waals surface area contributed by atoms with Crippen molar-refractivity contribution in [2.24, 2.45) is 0 Å². The van der Waals surface area contributed by atoms with Crippen LogP contribution in [0.15, 0.2) is 60.7 Å². The number of rotatable bonds is 5. The standard InChI is InChI=1S/C23H17F5/c1-2-3-14-4-6-15(7-5-14)17-12-19(25)21(20(26)13-17)23(28)22(27)16-8-10-18(24)11-9-16/h4-13H,2-3H2,1H3. The molecule has 28 heavy (non-hydrogen) atoms. The summed E-state index contributed by atoms with van der Waals surface area (Å²) in [7, 11) is 0. The number of hydrogen-bond acceptors (Lipinski definition) is 0. The van der Waals surface area contributed by atoms with Crippen LogP contribution < -0.4 is 0 Å². The van der Waals surface area contributed by atoms with E-state index in [2.05, 4.69) is 0 Å². The zero-order valence-electron chi connectivity index (χ0n) is 15.1. The molecule has 0 nitrogen and oxygen atoms in total. The van der Waals surface area contributed by atoms with Crippen molar-refractivity contribution in [2.75, 3.05) is 0 Å². The number of hydrogen-bond donors (Lipinski definition) is 0. The van der Waals surface area contributed by atoms with Crippen molar-refractivity contribution in [1.29, 1.82) is 0 Å². The molecular weight excluding hydrogens is 371 g/mol. The third-order valence-electron chi connectivity index (χ3n) is 4.38. The molecule has 0 unspecified atom stereocenters. The Morgan fingerprint density at radius 3 is 1.82 bits per heavy atom. The molecule has 0 aliphatic heterocycles. The third-order valence-corrected chi connectivity index (χ3v) is 4.38. The molecule has 144 valence electrons. The first kappa shape index (κ1) is 19.8. The summed E-state index contributed by atoms with van der Waals surface area (Å²) in [6.07, 6.45) is 1.86. The van der Waals surface area contributed by atoms with Crippen LogP contribution >= 0.6 is 0 Å². The van der Waals surface area contributed by atoms with Gasteiger partial charge in [-0.25, -0.2) is 22.0 Å². The van der Waals surface area contributed by atoms with Crippen LogP contribution in [-0.2, 0) is 6.42 Å². The van der Waals surface area contributed by atoms with Gasteiger partial charge in [0.1, 0.15) is 17.5 Å². The lowest BCUT2D eigenvalue weighted by molar-refractivity contribution is 0.564. The Kier molecular flexibility index (Phi) is 5.93. The van der Waals surface area contributed by atoms with Crippen LogP contribution in [-0.4, -0.2) is 0 Å². The molecule has 0 aliphatic carbocycles. The molecule has 0 bridgehead atoms. The smallest absolute Gasteiger partial charge is 0.172 e. The second-order valence-corrected chi connectivity index (χ2v) is 6.40. The van der Waals surface area contributed by atoms with Gasteiger partial charge in [-0.3, -0.25) is 0 Å². The van der Waals surface area contributed by atoms with Crippen LogP contribution in [0.25, 0.3) is 22.8 Å². The van der Waals surface area contributed by atoms with Gasteiger partial charge in [-0.2, -0.15) is 0 Å². The van der Waals surface area contributed by atoms with E-state index in [0.29, 0.717) is 5.56 Å². The molecule has 0 aliphatic rings.